The number of aliphatic hydroxyl groups is 1. The lowest BCUT2D eigenvalue weighted by Gasteiger charge is -2.13. The van der Waals surface area contributed by atoms with Crippen LogP contribution in [0.3, 0.4) is 0 Å². The molecule has 1 saturated heterocycles. The molecule has 0 spiro atoms. The summed E-state index contributed by atoms with van der Waals surface area (Å²) >= 11 is 0. The van der Waals surface area contributed by atoms with E-state index < -0.39 is 30.2 Å². The second-order valence-corrected chi connectivity index (χ2v) is 2.90. The van der Waals surface area contributed by atoms with Gasteiger partial charge in [-0.2, -0.15) is 0 Å². The Hall–Kier alpha value is -1.79. The zero-order valence-electron chi connectivity index (χ0n) is 7.86. The Balaban J connectivity index is 2.65. The molecule has 1 heterocycles. The van der Waals surface area contributed by atoms with E-state index in [2.05, 4.69) is 19.5 Å². The third-order valence-electron chi connectivity index (χ3n) is 1.98. The van der Waals surface area contributed by atoms with E-state index in [1.807, 2.05) is 0 Å². The number of esters is 2. The average molecular weight is 215 g/mol. The van der Waals surface area contributed by atoms with Crippen LogP contribution in [0.15, 0.2) is 5.11 Å². The van der Waals surface area contributed by atoms with E-state index in [1.54, 1.807) is 0 Å². The Morgan fingerprint density at radius 2 is 2.53 bits per heavy atom. The van der Waals surface area contributed by atoms with E-state index in [4.69, 9.17) is 5.53 Å². The molecule has 8 nitrogen and oxygen atoms in total. The molecular weight excluding hydrogens is 206 g/mol. The maximum Gasteiger partial charge on any atom is 0.338 e. The zero-order valence-corrected chi connectivity index (χ0v) is 7.86. The molecule has 0 unspecified atom stereocenters. The summed E-state index contributed by atoms with van der Waals surface area (Å²) in [7, 11) is 1.10. The molecular formula is C7H9N3O5. The molecule has 1 N–H and O–H groups in total. The van der Waals surface area contributed by atoms with Crippen LogP contribution in [0.5, 0.6) is 0 Å². The molecule has 0 aromatic heterocycles. The van der Waals surface area contributed by atoms with Crippen molar-refractivity contribution < 1.29 is 24.2 Å². The topological polar surface area (TPSA) is 122 Å². The van der Waals surface area contributed by atoms with Crippen molar-refractivity contribution in [3.05, 3.63) is 10.4 Å². The van der Waals surface area contributed by atoms with Crippen LogP contribution in [0.25, 0.3) is 10.4 Å². The number of hydrogen-bond donors (Lipinski definition) is 1. The quantitative estimate of drug-likeness (QED) is 0.294. The molecule has 0 bridgehead atoms. The monoisotopic (exact) mass is 215 g/mol. The number of nitrogens with zero attached hydrogens (tertiary/aromatic N) is 3. The van der Waals surface area contributed by atoms with Crippen LogP contribution in [0.2, 0.25) is 0 Å². The first kappa shape index (κ1) is 11.3. The molecule has 0 aromatic rings. The average Bonchev–Trinajstić information content (AvgIpc) is 2.59. The Morgan fingerprint density at radius 3 is 3.07 bits per heavy atom. The highest BCUT2D eigenvalue weighted by Gasteiger charge is 2.41. The van der Waals surface area contributed by atoms with Gasteiger partial charge in [0, 0.05) is 11.3 Å². The van der Waals surface area contributed by atoms with Crippen molar-refractivity contribution >= 4 is 11.9 Å². The summed E-state index contributed by atoms with van der Waals surface area (Å²) in [5.74, 6) is -1.64. The minimum atomic E-state index is -1.54. The van der Waals surface area contributed by atoms with Crippen LogP contribution in [-0.2, 0) is 19.1 Å². The van der Waals surface area contributed by atoms with E-state index in [0.717, 1.165) is 7.11 Å². The Morgan fingerprint density at radius 1 is 1.87 bits per heavy atom. The van der Waals surface area contributed by atoms with Gasteiger partial charge >= 0.3 is 11.9 Å². The van der Waals surface area contributed by atoms with Crippen molar-refractivity contribution in [3.8, 4) is 0 Å². The molecule has 3 atom stereocenters. The van der Waals surface area contributed by atoms with E-state index >= 15 is 0 Å². The highest BCUT2D eigenvalue weighted by molar-refractivity contribution is 5.81. The van der Waals surface area contributed by atoms with Crippen molar-refractivity contribution in [1.82, 2.24) is 0 Å². The van der Waals surface area contributed by atoms with Gasteiger partial charge in [0.25, 0.3) is 0 Å². The van der Waals surface area contributed by atoms with Crippen molar-refractivity contribution in [1.29, 1.82) is 0 Å². The molecule has 1 aliphatic rings. The fourth-order valence-corrected chi connectivity index (χ4v) is 1.21. The number of carbonyl (C=O) groups excluding carboxylic acids is 2. The van der Waals surface area contributed by atoms with Gasteiger partial charge in [0.2, 0.25) is 0 Å². The summed E-state index contributed by atoms with van der Waals surface area (Å²) in [6.45, 7) is 0. The van der Waals surface area contributed by atoms with E-state index in [1.165, 1.54) is 0 Å². The fourth-order valence-electron chi connectivity index (χ4n) is 1.21. The number of azide groups is 1. The van der Waals surface area contributed by atoms with Crippen LogP contribution in [0.1, 0.15) is 6.42 Å². The van der Waals surface area contributed by atoms with Gasteiger partial charge in [0.05, 0.1) is 7.11 Å². The first-order chi connectivity index (χ1) is 7.10. The highest BCUT2D eigenvalue weighted by Crippen LogP contribution is 2.21. The number of carbonyl (C=O) groups is 2. The lowest BCUT2D eigenvalue weighted by Crippen LogP contribution is -2.34. The van der Waals surface area contributed by atoms with E-state index in [0.29, 0.717) is 0 Å². The fraction of sp³-hybridized carbons (Fsp3) is 0.714. The van der Waals surface area contributed by atoms with Gasteiger partial charge in [-0.15, -0.1) is 0 Å². The smallest absolute Gasteiger partial charge is 0.338 e. The van der Waals surface area contributed by atoms with Crippen molar-refractivity contribution in [2.45, 2.75) is 24.7 Å². The number of methoxy groups -OCH3 is 1. The molecule has 0 saturated carbocycles. The molecule has 15 heavy (non-hydrogen) atoms. The van der Waals surface area contributed by atoms with Crippen molar-refractivity contribution in [3.63, 3.8) is 0 Å². The molecule has 0 aromatic carbocycles. The van der Waals surface area contributed by atoms with Crippen molar-refractivity contribution in [2.75, 3.05) is 7.11 Å². The van der Waals surface area contributed by atoms with Gasteiger partial charge in [-0.3, -0.25) is 4.79 Å². The molecule has 82 valence electrons. The van der Waals surface area contributed by atoms with Crippen LogP contribution < -0.4 is 0 Å². The first-order valence-electron chi connectivity index (χ1n) is 4.10. The number of rotatable bonds is 3. The van der Waals surface area contributed by atoms with Gasteiger partial charge in [0.1, 0.15) is 12.1 Å². The van der Waals surface area contributed by atoms with Gasteiger partial charge in [-0.1, -0.05) is 5.11 Å². The molecule has 1 aliphatic heterocycles. The first-order valence-corrected chi connectivity index (χ1v) is 4.10. The summed E-state index contributed by atoms with van der Waals surface area (Å²) in [6.07, 6.45) is -2.59. The third kappa shape index (κ3) is 2.36. The number of cyclic esters (lactones) is 1. The minimum absolute atomic E-state index is 0.0286. The van der Waals surface area contributed by atoms with Crippen LogP contribution in [0.4, 0.5) is 0 Å². The third-order valence-corrected chi connectivity index (χ3v) is 1.98. The molecule has 0 amide bonds. The summed E-state index contributed by atoms with van der Waals surface area (Å²) in [4.78, 5) is 24.4. The van der Waals surface area contributed by atoms with Gasteiger partial charge in [0.15, 0.2) is 6.10 Å². The molecule has 1 rings (SSSR count). The summed E-state index contributed by atoms with van der Waals surface area (Å²) in [5.41, 5.74) is 8.12. The molecule has 8 heteroatoms. The maximum atomic E-state index is 11.0. The second kappa shape index (κ2) is 4.63. The van der Waals surface area contributed by atoms with Gasteiger partial charge in [-0.25, -0.2) is 4.79 Å². The Labute approximate surface area is 84.4 Å². The predicted molar refractivity (Wildman–Crippen MR) is 45.5 cm³/mol. The zero-order chi connectivity index (χ0) is 11.4. The van der Waals surface area contributed by atoms with E-state index in [-0.39, 0.29) is 6.42 Å². The molecule has 1 fully saturated rings. The lowest BCUT2D eigenvalue weighted by molar-refractivity contribution is -0.161. The van der Waals surface area contributed by atoms with Crippen molar-refractivity contribution in [2.24, 2.45) is 5.11 Å². The van der Waals surface area contributed by atoms with E-state index in [9.17, 15) is 14.7 Å². The normalized spacial score (nSPS) is 26.4. The predicted octanol–water partition coefficient (Wildman–Crippen LogP) is -0.485. The lowest BCUT2D eigenvalue weighted by atomic mass is 10.1. The minimum Gasteiger partial charge on any atom is -0.467 e. The SMILES string of the molecule is COC(=O)[C@@H](O)[C@H]1C[C@@H](N=[N+]=[N-])C(=O)O1. The largest absolute Gasteiger partial charge is 0.467 e. The number of hydrogen-bond acceptors (Lipinski definition) is 6. The van der Waals surface area contributed by atoms with Gasteiger partial charge < -0.3 is 14.6 Å². The van der Waals surface area contributed by atoms with Crippen LogP contribution in [0, 0.1) is 0 Å². The Bertz CT molecular complexity index is 325. The second-order valence-electron chi connectivity index (χ2n) is 2.90. The molecule has 0 aliphatic carbocycles. The highest BCUT2D eigenvalue weighted by atomic mass is 16.6. The standard InChI is InChI=1S/C7H9N3O5/c1-14-7(13)5(11)4-2-3(9-10-8)6(12)15-4/h3-5,11H,2H2,1H3/t3-,4-,5+/m1/s1. The van der Waals surface area contributed by atoms with Crippen LogP contribution >= 0.6 is 0 Å². The van der Waals surface area contributed by atoms with Crippen LogP contribution in [-0.4, -0.2) is 42.4 Å². The summed E-state index contributed by atoms with van der Waals surface area (Å²) in [5, 5.41) is 12.5. The number of aliphatic hydroxyl groups excluding tert-OH is 1. The summed E-state index contributed by atoms with van der Waals surface area (Å²) < 4.78 is 8.93. The Kier molecular flexibility index (Phi) is 3.48. The summed E-state index contributed by atoms with van der Waals surface area (Å²) in [6, 6.07) is -0.987. The van der Waals surface area contributed by atoms with Gasteiger partial charge in [-0.05, 0) is 5.53 Å². The maximum absolute atomic E-state index is 11.0. The molecule has 0 radical (unpaired) electrons. The number of ether oxygens (including phenoxy) is 2.